The predicted molar refractivity (Wildman–Crippen MR) is 68.9 cm³/mol. The van der Waals surface area contributed by atoms with Crippen LogP contribution in [0.5, 0.6) is 0 Å². The highest BCUT2D eigenvalue weighted by Gasteiger charge is 2.19. The van der Waals surface area contributed by atoms with E-state index in [9.17, 15) is 9.59 Å². The molecule has 1 amide bonds. The van der Waals surface area contributed by atoms with Gasteiger partial charge in [-0.1, -0.05) is 36.4 Å². The number of ether oxygens (including phenoxy) is 1. The minimum atomic E-state index is -0.663. The molecule has 0 radical (unpaired) electrons. The molecule has 1 atom stereocenters. The molecule has 0 unspecified atom stereocenters. The van der Waals surface area contributed by atoms with Crippen LogP contribution in [-0.4, -0.2) is 25.0 Å². The van der Waals surface area contributed by atoms with Crippen molar-refractivity contribution in [2.24, 2.45) is 0 Å². The van der Waals surface area contributed by atoms with Gasteiger partial charge in [0.15, 0.2) is 0 Å². The van der Waals surface area contributed by atoms with Gasteiger partial charge in [0.2, 0.25) is 5.91 Å². The van der Waals surface area contributed by atoms with Crippen molar-refractivity contribution in [2.45, 2.75) is 18.9 Å². The lowest BCUT2D eigenvalue weighted by Crippen LogP contribution is -2.41. The second-order valence-electron chi connectivity index (χ2n) is 3.83. The van der Waals surface area contributed by atoms with Crippen molar-refractivity contribution in [1.29, 1.82) is 0 Å². The van der Waals surface area contributed by atoms with E-state index >= 15 is 0 Å². The van der Waals surface area contributed by atoms with E-state index in [0.717, 1.165) is 5.56 Å². The molecule has 96 valence electrons. The smallest absolute Gasteiger partial charge is 0.328 e. The quantitative estimate of drug-likeness (QED) is 0.611. The number of nitrogens with one attached hydrogen (secondary N) is 1. The van der Waals surface area contributed by atoms with Crippen molar-refractivity contribution < 1.29 is 14.3 Å². The largest absolute Gasteiger partial charge is 0.467 e. The Bertz CT molecular complexity index is 414. The monoisotopic (exact) mass is 247 g/mol. The topological polar surface area (TPSA) is 55.4 Å². The molecule has 4 heteroatoms. The predicted octanol–water partition coefficient (Wildman–Crippen LogP) is 1.46. The first-order chi connectivity index (χ1) is 8.67. The van der Waals surface area contributed by atoms with Crippen molar-refractivity contribution in [1.82, 2.24) is 5.32 Å². The molecule has 0 bridgehead atoms. The molecule has 0 heterocycles. The number of rotatable bonds is 6. The molecule has 1 rings (SSSR count). The van der Waals surface area contributed by atoms with E-state index in [1.165, 1.54) is 7.11 Å². The SMILES string of the molecule is C=CC[C@H](NC(=O)Cc1ccccc1)C(=O)OC. The molecular formula is C14H17NO3. The van der Waals surface area contributed by atoms with Crippen molar-refractivity contribution in [3.8, 4) is 0 Å². The summed E-state index contributed by atoms with van der Waals surface area (Å²) in [6.07, 6.45) is 2.17. The molecule has 4 nitrogen and oxygen atoms in total. The van der Waals surface area contributed by atoms with E-state index in [4.69, 9.17) is 0 Å². The van der Waals surface area contributed by atoms with Gasteiger partial charge in [-0.3, -0.25) is 4.79 Å². The molecule has 18 heavy (non-hydrogen) atoms. The van der Waals surface area contributed by atoms with E-state index < -0.39 is 12.0 Å². The minimum absolute atomic E-state index is 0.210. The molecule has 0 aliphatic carbocycles. The van der Waals surface area contributed by atoms with Crippen molar-refractivity contribution >= 4 is 11.9 Å². The highest BCUT2D eigenvalue weighted by molar-refractivity contribution is 5.85. The van der Waals surface area contributed by atoms with Crippen LogP contribution in [0.1, 0.15) is 12.0 Å². The van der Waals surface area contributed by atoms with Crippen molar-refractivity contribution in [2.75, 3.05) is 7.11 Å². The van der Waals surface area contributed by atoms with Gasteiger partial charge in [-0.15, -0.1) is 6.58 Å². The van der Waals surface area contributed by atoms with Crippen LogP contribution in [0.15, 0.2) is 43.0 Å². The van der Waals surface area contributed by atoms with Crippen LogP contribution < -0.4 is 5.32 Å². The lowest BCUT2D eigenvalue weighted by Gasteiger charge is -2.14. The summed E-state index contributed by atoms with van der Waals surface area (Å²) in [6, 6.07) is 8.68. The third kappa shape index (κ3) is 4.41. The molecule has 1 N–H and O–H groups in total. The van der Waals surface area contributed by atoms with Gasteiger partial charge in [-0.05, 0) is 12.0 Å². The molecule has 0 fully saturated rings. The normalized spacial score (nSPS) is 11.4. The lowest BCUT2D eigenvalue weighted by atomic mass is 10.1. The van der Waals surface area contributed by atoms with E-state index in [1.807, 2.05) is 30.3 Å². The fourth-order valence-corrected chi connectivity index (χ4v) is 1.55. The average molecular weight is 247 g/mol. The molecule has 0 aromatic heterocycles. The molecule has 1 aromatic rings. The fraction of sp³-hybridized carbons (Fsp3) is 0.286. The summed E-state index contributed by atoms with van der Waals surface area (Å²) >= 11 is 0. The maximum absolute atomic E-state index is 11.8. The van der Waals surface area contributed by atoms with E-state index in [0.29, 0.717) is 6.42 Å². The molecule has 0 saturated heterocycles. The Hall–Kier alpha value is -2.10. The third-order valence-corrected chi connectivity index (χ3v) is 2.43. The number of benzene rings is 1. The van der Waals surface area contributed by atoms with Crippen LogP contribution >= 0.6 is 0 Å². The number of hydrogen-bond acceptors (Lipinski definition) is 3. The van der Waals surface area contributed by atoms with Gasteiger partial charge in [0.05, 0.1) is 13.5 Å². The zero-order valence-electron chi connectivity index (χ0n) is 10.4. The summed E-state index contributed by atoms with van der Waals surface area (Å²) in [5.41, 5.74) is 0.900. The second-order valence-corrected chi connectivity index (χ2v) is 3.83. The van der Waals surface area contributed by atoms with Crippen molar-refractivity contribution in [3.63, 3.8) is 0 Å². The molecule has 0 aliphatic heterocycles. The van der Waals surface area contributed by atoms with Gasteiger partial charge >= 0.3 is 5.97 Å². The molecule has 0 spiro atoms. The standard InChI is InChI=1S/C14H17NO3/c1-3-7-12(14(17)18-2)15-13(16)10-11-8-5-4-6-9-11/h3-6,8-9,12H,1,7,10H2,2H3,(H,15,16)/t12-/m0/s1. The summed E-state index contributed by atoms with van der Waals surface area (Å²) in [6.45, 7) is 3.55. The van der Waals surface area contributed by atoms with Gasteiger partial charge < -0.3 is 10.1 Å². The maximum Gasteiger partial charge on any atom is 0.328 e. The first-order valence-electron chi connectivity index (χ1n) is 5.69. The number of esters is 1. The van der Waals surface area contributed by atoms with Crippen LogP contribution in [0, 0.1) is 0 Å². The minimum Gasteiger partial charge on any atom is -0.467 e. The number of carbonyl (C=O) groups is 2. The highest BCUT2D eigenvalue weighted by Crippen LogP contribution is 2.01. The average Bonchev–Trinajstić information content (AvgIpc) is 2.38. The van der Waals surface area contributed by atoms with Crippen molar-refractivity contribution in [3.05, 3.63) is 48.6 Å². The van der Waals surface area contributed by atoms with Crippen LogP contribution in [0.25, 0.3) is 0 Å². The van der Waals surface area contributed by atoms with Crippen LogP contribution in [-0.2, 0) is 20.7 Å². The zero-order valence-corrected chi connectivity index (χ0v) is 10.4. The fourth-order valence-electron chi connectivity index (χ4n) is 1.55. The van der Waals surface area contributed by atoms with E-state index in [-0.39, 0.29) is 12.3 Å². The Labute approximate surface area is 107 Å². The van der Waals surface area contributed by atoms with E-state index in [1.54, 1.807) is 6.08 Å². The van der Waals surface area contributed by atoms with Crippen LogP contribution in [0.2, 0.25) is 0 Å². The van der Waals surface area contributed by atoms with Gasteiger partial charge in [-0.25, -0.2) is 4.79 Å². The second kappa shape index (κ2) is 7.27. The highest BCUT2D eigenvalue weighted by atomic mass is 16.5. The Balaban J connectivity index is 2.56. The molecule has 0 saturated carbocycles. The summed E-state index contributed by atoms with van der Waals surface area (Å²) in [7, 11) is 1.29. The molecule has 0 aliphatic rings. The number of hydrogen-bond donors (Lipinski definition) is 1. The third-order valence-electron chi connectivity index (χ3n) is 2.43. The molecule has 1 aromatic carbocycles. The maximum atomic E-state index is 11.8. The molecular weight excluding hydrogens is 230 g/mol. The summed E-state index contributed by atoms with van der Waals surface area (Å²) in [5, 5.41) is 2.63. The van der Waals surface area contributed by atoms with Gasteiger partial charge in [0, 0.05) is 0 Å². The number of carbonyl (C=O) groups excluding carboxylic acids is 2. The Morgan fingerprint density at radius 3 is 2.61 bits per heavy atom. The summed E-state index contributed by atoms with van der Waals surface area (Å²) in [4.78, 5) is 23.2. The van der Waals surface area contributed by atoms with Gasteiger partial charge in [0.25, 0.3) is 0 Å². The first-order valence-corrected chi connectivity index (χ1v) is 5.69. The van der Waals surface area contributed by atoms with Gasteiger partial charge in [-0.2, -0.15) is 0 Å². The zero-order chi connectivity index (χ0) is 13.4. The Morgan fingerprint density at radius 2 is 2.06 bits per heavy atom. The summed E-state index contributed by atoms with van der Waals surface area (Å²) in [5.74, 6) is -0.672. The van der Waals surface area contributed by atoms with Gasteiger partial charge in [0.1, 0.15) is 6.04 Å². The Morgan fingerprint density at radius 1 is 1.39 bits per heavy atom. The number of amides is 1. The first kappa shape index (κ1) is 14.0. The lowest BCUT2D eigenvalue weighted by molar-refractivity contribution is -0.144. The van der Waals surface area contributed by atoms with Crippen LogP contribution in [0.4, 0.5) is 0 Å². The summed E-state index contributed by atoms with van der Waals surface area (Å²) < 4.78 is 4.61. The van der Waals surface area contributed by atoms with E-state index in [2.05, 4.69) is 16.6 Å². The van der Waals surface area contributed by atoms with Crippen LogP contribution in [0.3, 0.4) is 0 Å². The Kier molecular flexibility index (Phi) is 5.64. The number of methoxy groups -OCH3 is 1.